The van der Waals surface area contributed by atoms with Gasteiger partial charge in [0.05, 0.1) is 22.7 Å². The number of imidazole rings is 1. The van der Waals surface area contributed by atoms with Crippen molar-refractivity contribution in [3.63, 3.8) is 0 Å². The Labute approximate surface area is 172 Å². The van der Waals surface area contributed by atoms with E-state index in [1.165, 1.54) is 0 Å². The molecule has 1 saturated heterocycles. The van der Waals surface area contributed by atoms with Gasteiger partial charge in [0, 0.05) is 39.3 Å². The summed E-state index contributed by atoms with van der Waals surface area (Å²) in [6.07, 6.45) is 2.47. The molecule has 0 saturated carbocycles. The van der Waals surface area contributed by atoms with Crippen LogP contribution in [-0.2, 0) is 16.0 Å². The molecule has 1 aromatic heterocycles. The van der Waals surface area contributed by atoms with Crippen LogP contribution in [0.5, 0.6) is 0 Å². The molecule has 29 heavy (non-hydrogen) atoms. The van der Waals surface area contributed by atoms with Crippen molar-refractivity contribution in [3.05, 3.63) is 29.6 Å². The fourth-order valence-electron chi connectivity index (χ4n) is 3.80. The average Bonchev–Trinajstić information content (AvgIpc) is 3.05. The third-order valence-electron chi connectivity index (χ3n) is 5.08. The zero-order valence-electron chi connectivity index (χ0n) is 17.8. The van der Waals surface area contributed by atoms with Gasteiger partial charge in [-0.15, -0.1) is 0 Å². The molecular formula is C22H30N4O3. The number of methoxy groups -OCH3 is 1. The van der Waals surface area contributed by atoms with Crippen molar-refractivity contribution in [2.75, 3.05) is 26.8 Å². The molecule has 1 aliphatic heterocycles. The van der Waals surface area contributed by atoms with E-state index in [0.29, 0.717) is 25.3 Å². The summed E-state index contributed by atoms with van der Waals surface area (Å²) < 4.78 is 13.0. The van der Waals surface area contributed by atoms with Gasteiger partial charge >= 0.3 is 6.09 Å². The number of rotatable bonds is 5. The maximum atomic E-state index is 12.6. The highest BCUT2D eigenvalue weighted by Gasteiger charge is 2.31. The first-order chi connectivity index (χ1) is 13.8. The molecule has 0 aliphatic carbocycles. The second-order valence-corrected chi connectivity index (χ2v) is 8.55. The number of fused-ring (bicyclic) bond motifs is 1. The van der Waals surface area contributed by atoms with Crippen molar-refractivity contribution < 1.29 is 14.3 Å². The van der Waals surface area contributed by atoms with Gasteiger partial charge in [-0.25, -0.2) is 9.78 Å². The van der Waals surface area contributed by atoms with Crippen LogP contribution in [0, 0.1) is 11.3 Å². The lowest BCUT2D eigenvalue weighted by Crippen LogP contribution is -2.42. The highest BCUT2D eigenvalue weighted by Crippen LogP contribution is 2.30. The molecule has 0 radical (unpaired) electrons. The van der Waals surface area contributed by atoms with Crippen LogP contribution in [0.15, 0.2) is 18.2 Å². The molecule has 0 spiro atoms. The van der Waals surface area contributed by atoms with Crippen LogP contribution in [0.4, 0.5) is 4.79 Å². The van der Waals surface area contributed by atoms with E-state index < -0.39 is 5.60 Å². The largest absolute Gasteiger partial charge is 0.444 e. The van der Waals surface area contributed by atoms with E-state index in [1.807, 2.05) is 32.9 Å². The van der Waals surface area contributed by atoms with Crippen molar-refractivity contribution >= 4 is 17.1 Å². The van der Waals surface area contributed by atoms with Gasteiger partial charge in [0.2, 0.25) is 0 Å². The van der Waals surface area contributed by atoms with Gasteiger partial charge < -0.3 is 18.9 Å². The number of ether oxygens (including phenoxy) is 2. The molecule has 1 fully saturated rings. The van der Waals surface area contributed by atoms with Gasteiger partial charge in [-0.3, -0.25) is 0 Å². The minimum atomic E-state index is -0.509. The lowest BCUT2D eigenvalue weighted by Gasteiger charge is -2.34. The van der Waals surface area contributed by atoms with E-state index in [-0.39, 0.29) is 12.0 Å². The topological polar surface area (TPSA) is 80.4 Å². The Morgan fingerprint density at radius 2 is 2.17 bits per heavy atom. The van der Waals surface area contributed by atoms with Gasteiger partial charge in [0.1, 0.15) is 11.4 Å². The van der Waals surface area contributed by atoms with Crippen LogP contribution >= 0.6 is 0 Å². The summed E-state index contributed by atoms with van der Waals surface area (Å²) >= 11 is 0. The van der Waals surface area contributed by atoms with Gasteiger partial charge in [-0.05, 0) is 58.2 Å². The third-order valence-corrected chi connectivity index (χ3v) is 5.08. The maximum absolute atomic E-state index is 12.6. The summed E-state index contributed by atoms with van der Waals surface area (Å²) in [5.41, 5.74) is 1.96. The number of amides is 1. The summed E-state index contributed by atoms with van der Waals surface area (Å²) in [6.45, 7) is 8.36. The predicted octanol–water partition coefficient (Wildman–Crippen LogP) is 4.06. The minimum Gasteiger partial charge on any atom is -0.444 e. The molecular weight excluding hydrogens is 368 g/mol. The number of hydrogen-bond donors (Lipinski definition) is 0. The summed E-state index contributed by atoms with van der Waals surface area (Å²) in [5.74, 6) is 1.11. The smallest absolute Gasteiger partial charge is 0.410 e. The lowest BCUT2D eigenvalue weighted by atomic mass is 9.97. The summed E-state index contributed by atoms with van der Waals surface area (Å²) in [7, 11) is 1.70. The van der Waals surface area contributed by atoms with E-state index in [0.717, 1.165) is 42.7 Å². The Balaban J connectivity index is 1.90. The van der Waals surface area contributed by atoms with Crippen LogP contribution in [0.1, 0.15) is 57.3 Å². The molecule has 1 unspecified atom stereocenters. The minimum absolute atomic E-state index is 0.136. The second kappa shape index (κ2) is 8.83. The second-order valence-electron chi connectivity index (χ2n) is 8.55. The zero-order chi connectivity index (χ0) is 21.0. The van der Waals surface area contributed by atoms with Crippen LogP contribution in [0.25, 0.3) is 11.0 Å². The quantitative estimate of drug-likeness (QED) is 0.710. The van der Waals surface area contributed by atoms with Crippen LogP contribution < -0.4 is 0 Å². The number of carbonyl (C=O) groups excluding carboxylic acids is 1. The van der Waals surface area contributed by atoms with Crippen LogP contribution in [0.2, 0.25) is 0 Å². The highest BCUT2D eigenvalue weighted by atomic mass is 16.6. The molecule has 7 nitrogen and oxygen atoms in total. The van der Waals surface area contributed by atoms with Crippen molar-refractivity contribution in [3.8, 4) is 6.07 Å². The molecule has 0 bridgehead atoms. The van der Waals surface area contributed by atoms with Gasteiger partial charge in [0.15, 0.2) is 0 Å². The SMILES string of the molecule is COCCCn1c(C2CCCN(C(=O)OC(C)(C)C)C2)nc2ccc(C#N)cc21. The number of carbonyl (C=O) groups is 1. The first-order valence-corrected chi connectivity index (χ1v) is 10.2. The molecule has 1 atom stereocenters. The third kappa shape index (κ3) is 5.07. The van der Waals surface area contributed by atoms with E-state index in [4.69, 9.17) is 14.5 Å². The zero-order valence-corrected chi connectivity index (χ0v) is 17.8. The summed E-state index contributed by atoms with van der Waals surface area (Å²) in [4.78, 5) is 19.2. The Morgan fingerprint density at radius 3 is 2.86 bits per heavy atom. The van der Waals surface area contributed by atoms with Gasteiger partial charge in [-0.2, -0.15) is 5.26 Å². The Bertz CT molecular complexity index is 907. The van der Waals surface area contributed by atoms with Crippen LogP contribution in [0.3, 0.4) is 0 Å². The maximum Gasteiger partial charge on any atom is 0.410 e. The standard InChI is InChI=1S/C22H30N4O3/c1-22(2,3)29-21(27)25-10-5-7-17(15-25)20-24-18-9-8-16(14-23)13-19(18)26(20)11-6-12-28-4/h8-9,13,17H,5-7,10-12,15H2,1-4H3. The monoisotopic (exact) mass is 398 g/mol. The highest BCUT2D eigenvalue weighted by molar-refractivity contribution is 5.78. The Hall–Kier alpha value is -2.59. The molecule has 2 aromatic rings. The molecule has 7 heteroatoms. The number of aryl methyl sites for hydroxylation is 1. The fraction of sp³-hybridized carbons (Fsp3) is 0.591. The van der Waals surface area contributed by atoms with Crippen molar-refractivity contribution in [2.24, 2.45) is 0 Å². The first kappa shape index (κ1) is 21.1. The number of likely N-dealkylation sites (tertiary alicyclic amines) is 1. The molecule has 156 valence electrons. The van der Waals surface area contributed by atoms with E-state index >= 15 is 0 Å². The predicted molar refractivity (Wildman–Crippen MR) is 111 cm³/mol. The normalized spacial score (nSPS) is 17.3. The number of aromatic nitrogens is 2. The van der Waals surface area contributed by atoms with Gasteiger partial charge in [-0.1, -0.05) is 0 Å². The Morgan fingerprint density at radius 1 is 1.38 bits per heavy atom. The Kier molecular flexibility index (Phi) is 6.43. The molecule has 0 N–H and O–H groups in total. The molecule has 2 heterocycles. The van der Waals surface area contributed by atoms with E-state index in [2.05, 4.69) is 10.6 Å². The van der Waals surface area contributed by atoms with E-state index in [1.54, 1.807) is 18.1 Å². The molecule has 1 aromatic carbocycles. The van der Waals surface area contributed by atoms with Crippen molar-refractivity contribution in [1.82, 2.24) is 14.5 Å². The first-order valence-electron chi connectivity index (χ1n) is 10.2. The molecule has 1 amide bonds. The number of nitrogens with zero attached hydrogens (tertiary/aromatic N) is 4. The van der Waals surface area contributed by atoms with Crippen LogP contribution in [-0.4, -0.2) is 53.0 Å². The number of hydrogen-bond acceptors (Lipinski definition) is 5. The van der Waals surface area contributed by atoms with Crippen molar-refractivity contribution in [1.29, 1.82) is 5.26 Å². The lowest BCUT2D eigenvalue weighted by molar-refractivity contribution is 0.0195. The fourth-order valence-corrected chi connectivity index (χ4v) is 3.80. The molecule has 3 rings (SSSR count). The van der Waals surface area contributed by atoms with Crippen molar-refractivity contribution in [2.45, 2.75) is 58.1 Å². The van der Waals surface area contributed by atoms with Gasteiger partial charge in [0.25, 0.3) is 0 Å². The number of benzene rings is 1. The molecule has 1 aliphatic rings. The summed E-state index contributed by atoms with van der Waals surface area (Å²) in [5, 5.41) is 9.29. The number of nitriles is 1. The number of piperidine rings is 1. The summed E-state index contributed by atoms with van der Waals surface area (Å²) in [6, 6.07) is 7.81. The average molecular weight is 399 g/mol. The van der Waals surface area contributed by atoms with E-state index in [9.17, 15) is 10.1 Å².